The number of carbonyl (C=O) groups is 1. The summed E-state index contributed by atoms with van der Waals surface area (Å²) in [5, 5.41) is 0.725. The lowest BCUT2D eigenvalue weighted by atomic mass is 10.2. The average molecular weight is 357 g/mol. The van der Waals surface area contributed by atoms with Crippen molar-refractivity contribution in [1.82, 2.24) is 9.88 Å². The topological polar surface area (TPSA) is 49.6 Å². The molecule has 0 aliphatic rings. The van der Waals surface area contributed by atoms with Crippen LogP contribution in [0.4, 0.5) is 5.13 Å². The van der Waals surface area contributed by atoms with Crippen molar-refractivity contribution in [1.29, 1.82) is 0 Å². The molecule has 5 nitrogen and oxygen atoms in total. The Morgan fingerprint density at radius 1 is 1.24 bits per heavy atom. The van der Waals surface area contributed by atoms with Gasteiger partial charge in [-0.3, -0.25) is 9.69 Å². The van der Waals surface area contributed by atoms with E-state index in [2.05, 4.69) is 28.9 Å². The third-order valence-electron chi connectivity index (χ3n) is 4.04. The lowest BCUT2D eigenvalue weighted by Crippen LogP contribution is -2.33. The predicted octanol–water partition coefficient (Wildman–Crippen LogP) is 4.05. The van der Waals surface area contributed by atoms with Crippen molar-refractivity contribution in [2.24, 2.45) is 0 Å². The number of furan rings is 1. The molecule has 6 heteroatoms. The fourth-order valence-electron chi connectivity index (χ4n) is 2.65. The molecule has 0 atom stereocenters. The average Bonchev–Trinajstić information content (AvgIpc) is 3.26. The summed E-state index contributed by atoms with van der Waals surface area (Å²) >= 11 is 1.56. The van der Waals surface area contributed by atoms with Gasteiger partial charge >= 0.3 is 0 Å². The van der Waals surface area contributed by atoms with Crippen molar-refractivity contribution >= 4 is 32.6 Å². The van der Waals surface area contributed by atoms with E-state index in [4.69, 9.17) is 4.42 Å². The summed E-state index contributed by atoms with van der Waals surface area (Å²) in [6.07, 6.45) is 3.38. The largest absolute Gasteiger partial charge is 0.459 e. The van der Waals surface area contributed by atoms with Gasteiger partial charge in [-0.1, -0.05) is 24.3 Å². The molecule has 1 aromatic carbocycles. The first-order valence-corrected chi connectivity index (χ1v) is 9.29. The Kier molecular flexibility index (Phi) is 5.50. The van der Waals surface area contributed by atoms with Crippen LogP contribution in [0.25, 0.3) is 10.2 Å². The molecule has 0 saturated carbocycles. The molecule has 0 saturated heterocycles. The highest BCUT2D eigenvalue weighted by Gasteiger charge is 2.23. The van der Waals surface area contributed by atoms with Gasteiger partial charge < -0.3 is 9.32 Å². The second-order valence-electron chi connectivity index (χ2n) is 6.24. The molecule has 0 aliphatic carbocycles. The first kappa shape index (κ1) is 17.6. The summed E-state index contributed by atoms with van der Waals surface area (Å²) in [5.74, 6) is 0.205. The molecule has 0 aliphatic heterocycles. The highest BCUT2D eigenvalue weighted by Crippen LogP contribution is 2.30. The van der Waals surface area contributed by atoms with Crippen molar-refractivity contribution in [3.8, 4) is 0 Å². The quantitative estimate of drug-likeness (QED) is 0.640. The van der Waals surface area contributed by atoms with E-state index in [0.717, 1.165) is 34.7 Å². The molecular weight excluding hydrogens is 334 g/mol. The van der Waals surface area contributed by atoms with Crippen molar-refractivity contribution < 1.29 is 9.21 Å². The minimum absolute atomic E-state index is 0.140. The van der Waals surface area contributed by atoms with Gasteiger partial charge in [-0.15, -0.1) is 0 Å². The Labute approximate surface area is 151 Å². The number of aryl methyl sites for hydroxylation is 1. The molecule has 2 heterocycles. The zero-order valence-electron chi connectivity index (χ0n) is 14.9. The van der Waals surface area contributed by atoms with Crippen LogP contribution in [0.3, 0.4) is 0 Å². The van der Waals surface area contributed by atoms with E-state index in [-0.39, 0.29) is 5.91 Å². The van der Waals surface area contributed by atoms with Gasteiger partial charge in [0.1, 0.15) is 0 Å². The van der Waals surface area contributed by atoms with Crippen LogP contribution < -0.4 is 4.90 Å². The Morgan fingerprint density at radius 2 is 2.08 bits per heavy atom. The smallest absolute Gasteiger partial charge is 0.295 e. The third kappa shape index (κ3) is 4.08. The minimum atomic E-state index is -0.140. The number of rotatable bonds is 7. The number of hydrogen-bond acceptors (Lipinski definition) is 5. The molecule has 0 fully saturated rings. The number of hydrogen-bond donors (Lipinski definition) is 0. The molecule has 2 aromatic heterocycles. The molecule has 0 spiro atoms. The van der Waals surface area contributed by atoms with E-state index < -0.39 is 0 Å². The Bertz CT molecular complexity index is 840. The van der Waals surface area contributed by atoms with E-state index in [0.29, 0.717) is 12.3 Å². The van der Waals surface area contributed by atoms with Gasteiger partial charge in [0.25, 0.3) is 5.91 Å². The lowest BCUT2D eigenvalue weighted by molar-refractivity contribution is 0.0959. The molecule has 0 N–H and O–H groups in total. The van der Waals surface area contributed by atoms with E-state index in [1.807, 2.05) is 20.2 Å². The van der Waals surface area contributed by atoms with Crippen LogP contribution in [0.2, 0.25) is 0 Å². The van der Waals surface area contributed by atoms with Gasteiger partial charge in [-0.25, -0.2) is 4.98 Å². The molecule has 3 rings (SSSR count). The number of thiazole rings is 1. The first-order chi connectivity index (χ1) is 12.1. The summed E-state index contributed by atoms with van der Waals surface area (Å²) in [6, 6.07) is 9.72. The van der Waals surface area contributed by atoms with Crippen LogP contribution in [0, 0.1) is 0 Å². The maximum absolute atomic E-state index is 12.9. The van der Waals surface area contributed by atoms with Gasteiger partial charge in [0, 0.05) is 6.54 Å². The van der Waals surface area contributed by atoms with Gasteiger partial charge in [-0.2, -0.15) is 0 Å². The van der Waals surface area contributed by atoms with Crippen LogP contribution >= 0.6 is 11.3 Å². The highest BCUT2D eigenvalue weighted by atomic mass is 32.1. The molecule has 1 amide bonds. The second kappa shape index (κ2) is 7.80. The Hall–Kier alpha value is -2.18. The minimum Gasteiger partial charge on any atom is -0.459 e. The standard InChI is InChI=1S/C19H23N3O2S/c1-4-14-8-9-15-17(13-14)25-19(20-15)22(11-6-10-21(2)3)18(23)16-7-5-12-24-16/h5,7-9,12-13H,4,6,10-11H2,1-3H3. The van der Waals surface area contributed by atoms with Crippen LogP contribution in [-0.2, 0) is 6.42 Å². The zero-order chi connectivity index (χ0) is 17.8. The molecule has 132 valence electrons. The molecule has 3 aromatic rings. The summed E-state index contributed by atoms with van der Waals surface area (Å²) in [5.41, 5.74) is 2.21. The van der Waals surface area contributed by atoms with Crippen molar-refractivity contribution in [3.63, 3.8) is 0 Å². The Balaban J connectivity index is 1.91. The molecular formula is C19H23N3O2S. The van der Waals surface area contributed by atoms with Crippen LogP contribution in [0.1, 0.15) is 29.5 Å². The normalized spacial score (nSPS) is 11.4. The van der Waals surface area contributed by atoms with Gasteiger partial charge in [0.05, 0.1) is 16.5 Å². The lowest BCUT2D eigenvalue weighted by Gasteiger charge is -2.19. The zero-order valence-corrected chi connectivity index (χ0v) is 15.7. The monoisotopic (exact) mass is 357 g/mol. The van der Waals surface area contributed by atoms with Gasteiger partial charge in [0.15, 0.2) is 10.9 Å². The second-order valence-corrected chi connectivity index (χ2v) is 7.25. The Morgan fingerprint density at radius 3 is 2.76 bits per heavy atom. The van der Waals surface area contributed by atoms with Crippen LogP contribution in [-0.4, -0.2) is 43.0 Å². The fourth-order valence-corrected chi connectivity index (χ4v) is 3.71. The van der Waals surface area contributed by atoms with E-state index in [1.165, 1.54) is 11.8 Å². The fraction of sp³-hybridized carbons (Fsp3) is 0.368. The van der Waals surface area contributed by atoms with Crippen LogP contribution in [0.15, 0.2) is 41.0 Å². The number of nitrogens with zero attached hydrogens (tertiary/aromatic N) is 3. The first-order valence-electron chi connectivity index (χ1n) is 8.48. The van der Waals surface area contributed by atoms with Crippen molar-refractivity contribution in [2.75, 3.05) is 32.1 Å². The summed E-state index contributed by atoms with van der Waals surface area (Å²) < 4.78 is 6.42. The maximum atomic E-state index is 12.9. The van der Waals surface area contributed by atoms with E-state index >= 15 is 0 Å². The molecule has 25 heavy (non-hydrogen) atoms. The highest BCUT2D eigenvalue weighted by molar-refractivity contribution is 7.22. The number of anilines is 1. The van der Waals surface area contributed by atoms with E-state index in [1.54, 1.807) is 28.4 Å². The molecule has 0 radical (unpaired) electrons. The maximum Gasteiger partial charge on any atom is 0.295 e. The van der Waals surface area contributed by atoms with Gasteiger partial charge in [-0.05, 0) is 63.3 Å². The van der Waals surface area contributed by atoms with Crippen molar-refractivity contribution in [2.45, 2.75) is 19.8 Å². The summed E-state index contributed by atoms with van der Waals surface area (Å²) in [4.78, 5) is 21.4. The van der Waals surface area contributed by atoms with Crippen molar-refractivity contribution in [3.05, 3.63) is 47.9 Å². The summed E-state index contributed by atoms with van der Waals surface area (Å²) in [6.45, 7) is 3.65. The van der Waals surface area contributed by atoms with E-state index in [9.17, 15) is 4.79 Å². The number of aromatic nitrogens is 1. The number of carbonyl (C=O) groups excluding carboxylic acids is 1. The SMILES string of the molecule is CCc1ccc2nc(N(CCCN(C)C)C(=O)c3ccco3)sc2c1. The predicted molar refractivity (Wildman–Crippen MR) is 103 cm³/mol. The molecule has 0 unspecified atom stereocenters. The van der Waals surface area contributed by atoms with Crippen LogP contribution in [0.5, 0.6) is 0 Å². The molecule has 0 bridgehead atoms. The summed E-state index contributed by atoms with van der Waals surface area (Å²) in [7, 11) is 4.06. The van der Waals surface area contributed by atoms with Gasteiger partial charge in [0.2, 0.25) is 0 Å². The number of fused-ring (bicyclic) bond motifs is 1. The number of benzene rings is 1. The third-order valence-corrected chi connectivity index (χ3v) is 5.09. The number of amides is 1.